The molecule has 2 N–H and O–H groups in total. The lowest BCUT2D eigenvalue weighted by Crippen LogP contribution is -2.20. The van der Waals surface area contributed by atoms with Gasteiger partial charge in [-0.25, -0.2) is 27.9 Å². The van der Waals surface area contributed by atoms with Crippen LogP contribution in [0.4, 0.5) is 29.5 Å². The van der Waals surface area contributed by atoms with Crippen LogP contribution in [0.25, 0.3) is 10.9 Å². The molecule has 0 unspecified atom stereocenters. The fourth-order valence-corrected chi connectivity index (χ4v) is 3.13. The normalized spacial score (nSPS) is 11.3. The van der Waals surface area contributed by atoms with Crippen LogP contribution in [0.3, 0.4) is 0 Å². The van der Waals surface area contributed by atoms with Crippen molar-refractivity contribution < 1.29 is 36.7 Å². The molecule has 2 heterocycles. The Balaban J connectivity index is 1.59. The number of nitrogens with zero attached hydrogens (tertiary/aromatic N) is 3. The van der Waals surface area contributed by atoms with Gasteiger partial charge in [0, 0.05) is 24.3 Å². The fraction of sp³-hybridized carbons (Fsp3) is 0.217. The van der Waals surface area contributed by atoms with Gasteiger partial charge in [0.25, 0.3) is 0 Å². The average molecular weight is 503 g/mol. The molecule has 13 heteroatoms. The Labute approximate surface area is 202 Å². The number of carbonyl (C=O) groups is 1. The van der Waals surface area contributed by atoms with Gasteiger partial charge in [-0.1, -0.05) is 5.16 Å². The van der Waals surface area contributed by atoms with Gasteiger partial charge in [-0.15, -0.1) is 0 Å². The van der Waals surface area contributed by atoms with Gasteiger partial charge in [0.05, 0.1) is 30.8 Å². The van der Waals surface area contributed by atoms with E-state index in [1.165, 1.54) is 40.5 Å². The molecule has 0 saturated carbocycles. The number of hydrogen-bond acceptors (Lipinski definition) is 8. The minimum absolute atomic E-state index is 0.0484. The predicted octanol–water partition coefficient (Wildman–Crippen LogP) is 5.55. The van der Waals surface area contributed by atoms with Gasteiger partial charge < -0.3 is 24.1 Å². The molecule has 36 heavy (non-hydrogen) atoms. The molecule has 0 radical (unpaired) electrons. The van der Waals surface area contributed by atoms with Crippen molar-refractivity contribution in [3.63, 3.8) is 0 Å². The summed E-state index contributed by atoms with van der Waals surface area (Å²) in [6.45, 7) is 2.52. The number of halogens is 3. The number of urea groups is 1. The monoisotopic (exact) mass is 503 g/mol. The van der Waals surface area contributed by atoms with E-state index in [0.29, 0.717) is 28.5 Å². The van der Waals surface area contributed by atoms with Crippen LogP contribution in [-0.2, 0) is 5.67 Å². The van der Waals surface area contributed by atoms with Crippen LogP contribution in [0, 0.1) is 11.6 Å². The van der Waals surface area contributed by atoms with E-state index < -0.39 is 34.8 Å². The number of ether oxygens (including phenoxy) is 3. The summed E-state index contributed by atoms with van der Waals surface area (Å²) in [5, 5.41) is 8.34. The van der Waals surface area contributed by atoms with Crippen LogP contribution >= 0.6 is 0 Å². The van der Waals surface area contributed by atoms with Crippen molar-refractivity contribution in [3.05, 3.63) is 54.0 Å². The summed E-state index contributed by atoms with van der Waals surface area (Å²) >= 11 is 0. The van der Waals surface area contributed by atoms with Gasteiger partial charge in [0.1, 0.15) is 17.8 Å². The van der Waals surface area contributed by atoms with E-state index in [-0.39, 0.29) is 17.5 Å². The molecule has 0 aliphatic rings. The van der Waals surface area contributed by atoms with Crippen molar-refractivity contribution in [3.8, 4) is 23.1 Å². The molecule has 4 aromatic rings. The molecule has 0 saturated heterocycles. The molecule has 0 aliphatic heterocycles. The summed E-state index contributed by atoms with van der Waals surface area (Å²) in [4.78, 5) is 20.5. The summed E-state index contributed by atoms with van der Waals surface area (Å²) in [5.41, 5.74) is -1.84. The van der Waals surface area contributed by atoms with E-state index in [2.05, 4.69) is 25.8 Å². The van der Waals surface area contributed by atoms with E-state index in [4.69, 9.17) is 18.7 Å². The Morgan fingerprint density at radius 1 is 0.944 bits per heavy atom. The molecule has 0 atom stereocenters. The highest BCUT2D eigenvalue weighted by Gasteiger charge is 2.24. The SMILES string of the molecule is COc1cc2ncnc(Oc3cc(NC(=O)Nc4cc(C(C)(C)F)no4)c(F)cc3F)c2cc1OC. The first-order valence-electron chi connectivity index (χ1n) is 10.4. The molecule has 10 nitrogen and oxygen atoms in total. The molecular formula is C23H20F3N5O5. The van der Waals surface area contributed by atoms with Gasteiger partial charge >= 0.3 is 6.03 Å². The van der Waals surface area contributed by atoms with E-state index in [1.54, 1.807) is 12.1 Å². The molecule has 0 aliphatic carbocycles. The third-order valence-corrected chi connectivity index (χ3v) is 4.94. The maximum Gasteiger partial charge on any atom is 0.326 e. The molecule has 0 bridgehead atoms. The first-order valence-corrected chi connectivity index (χ1v) is 10.4. The molecule has 188 valence electrons. The number of methoxy groups -OCH3 is 2. The Bertz CT molecular complexity index is 1440. The highest BCUT2D eigenvalue weighted by Crippen LogP contribution is 2.37. The van der Waals surface area contributed by atoms with Crippen LogP contribution in [0.1, 0.15) is 19.5 Å². The zero-order valence-electron chi connectivity index (χ0n) is 19.5. The summed E-state index contributed by atoms with van der Waals surface area (Å²) in [7, 11) is 2.90. The van der Waals surface area contributed by atoms with Gasteiger partial charge in [-0.2, -0.15) is 0 Å². The number of nitrogens with one attached hydrogen (secondary N) is 2. The van der Waals surface area contributed by atoms with Crippen molar-refractivity contribution in [2.45, 2.75) is 19.5 Å². The highest BCUT2D eigenvalue weighted by molar-refractivity contribution is 5.99. The summed E-state index contributed by atoms with van der Waals surface area (Å²) in [6.07, 6.45) is 1.20. The second-order valence-corrected chi connectivity index (χ2v) is 7.90. The van der Waals surface area contributed by atoms with Gasteiger partial charge in [0.2, 0.25) is 11.8 Å². The van der Waals surface area contributed by atoms with Crippen molar-refractivity contribution in [1.82, 2.24) is 15.1 Å². The Hall–Kier alpha value is -4.55. The van der Waals surface area contributed by atoms with E-state index in [0.717, 1.165) is 6.07 Å². The Kier molecular flexibility index (Phi) is 6.55. The first kappa shape index (κ1) is 24.6. The number of rotatable bonds is 7. The van der Waals surface area contributed by atoms with Gasteiger partial charge in [0.15, 0.2) is 28.7 Å². The van der Waals surface area contributed by atoms with E-state index in [9.17, 15) is 18.0 Å². The summed E-state index contributed by atoms with van der Waals surface area (Å²) in [6, 6.07) is 4.83. The minimum Gasteiger partial charge on any atom is -0.493 e. The minimum atomic E-state index is -1.80. The van der Waals surface area contributed by atoms with Crippen molar-refractivity contribution >= 4 is 28.5 Å². The number of carbonyl (C=O) groups excluding carboxylic acids is 1. The predicted molar refractivity (Wildman–Crippen MR) is 122 cm³/mol. The smallest absolute Gasteiger partial charge is 0.326 e. The summed E-state index contributed by atoms with van der Waals surface area (Å²) in [5.74, 6) is -2.01. The molecule has 4 rings (SSSR count). The number of amides is 2. The van der Waals surface area contributed by atoms with Crippen molar-refractivity contribution in [2.75, 3.05) is 24.9 Å². The number of benzene rings is 2. The zero-order valence-corrected chi connectivity index (χ0v) is 19.5. The fourth-order valence-electron chi connectivity index (χ4n) is 3.13. The Morgan fingerprint density at radius 3 is 2.33 bits per heavy atom. The Morgan fingerprint density at radius 2 is 1.67 bits per heavy atom. The highest BCUT2D eigenvalue weighted by atomic mass is 19.1. The van der Waals surface area contributed by atoms with Gasteiger partial charge in [-0.05, 0) is 19.9 Å². The van der Waals surface area contributed by atoms with Crippen LogP contribution in [-0.4, -0.2) is 35.4 Å². The lowest BCUT2D eigenvalue weighted by molar-refractivity contribution is 0.205. The van der Waals surface area contributed by atoms with Crippen molar-refractivity contribution in [1.29, 1.82) is 0 Å². The molecule has 2 aromatic carbocycles. The molecule has 0 fully saturated rings. The standard InChI is InChI=1S/C23H20F3N5O5/c1-23(2,26)19-9-20(36-31-19)30-22(32)29-15-8-16(13(25)6-12(15)24)35-21-11-5-17(33-3)18(34-4)7-14(11)27-10-28-21/h5-10H,1-4H3,(H2,29,30,32). The van der Waals surface area contributed by atoms with Crippen LogP contribution in [0.2, 0.25) is 0 Å². The number of anilines is 2. The topological polar surface area (TPSA) is 121 Å². The lowest BCUT2D eigenvalue weighted by Gasteiger charge is -2.13. The van der Waals surface area contributed by atoms with E-state index in [1.807, 2.05) is 0 Å². The second-order valence-electron chi connectivity index (χ2n) is 7.90. The molecule has 2 amide bonds. The van der Waals surface area contributed by atoms with Crippen LogP contribution in [0.5, 0.6) is 23.1 Å². The van der Waals surface area contributed by atoms with Crippen molar-refractivity contribution in [2.24, 2.45) is 0 Å². The molecule has 2 aromatic heterocycles. The maximum atomic E-state index is 14.5. The maximum absolute atomic E-state index is 14.5. The third kappa shape index (κ3) is 5.09. The van der Waals surface area contributed by atoms with Crippen LogP contribution in [0.15, 0.2) is 41.2 Å². The quantitative estimate of drug-likeness (QED) is 0.337. The average Bonchev–Trinajstić information content (AvgIpc) is 3.30. The number of hydrogen-bond donors (Lipinski definition) is 2. The zero-order chi connectivity index (χ0) is 26.0. The molecule has 0 spiro atoms. The second kappa shape index (κ2) is 9.60. The van der Waals surface area contributed by atoms with Gasteiger partial charge in [-0.3, -0.25) is 5.32 Å². The molecular weight excluding hydrogens is 483 g/mol. The van der Waals surface area contributed by atoms with Crippen LogP contribution < -0.4 is 24.8 Å². The number of fused-ring (bicyclic) bond motifs is 1. The third-order valence-electron chi connectivity index (χ3n) is 4.94. The van der Waals surface area contributed by atoms with E-state index >= 15 is 0 Å². The lowest BCUT2D eigenvalue weighted by atomic mass is 10.1. The largest absolute Gasteiger partial charge is 0.493 e. The first-order chi connectivity index (χ1) is 17.1. The number of alkyl halides is 1. The number of aromatic nitrogens is 3. The summed E-state index contributed by atoms with van der Waals surface area (Å²) < 4.78 is 63.8.